The van der Waals surface area contributed by atoms with E-state index >= 15 is 0 Å². The number of benzene rings is 1. The summed E-state index contributed by atoms with van der Waals surface area (Å²) in [6.07, 6.45) is 0.910. The second kappa shape index (κ2) is 4.48. The minimum absolute atomic E-state index is 0.109. The first-order valence-corrected chi connectivity index (χ1v) is 4.87. The average Bonchev–Trinajstić information content (AvgIpc) is 2.09. The van der Waals surface area contributed by atoms with Gasteiger partial charge < -0.3 is 10.2 Å². The van der Waals surface area contributed by atoms with Gasteiger partial charge in [0.15, 0.2) is 0 Å². The molecule has 0 aliphatic heterocycles. The molecular weight excluding hydrogens is 220 g/mol. The summed E-state index contributed by atoms with van der Waals surface area (Å²) in [5, 5.41) is 19.0. The number of halogens is 1. The van der Waals surface area contributed by atoms with Gasteiger partial charge in [0.25, 0.3) is 0 Å². The average molecular weight is 231 g/mol. The third kappa shape index (κ3) is 2.22. The highest BCUT2D eigenvalue weighted by Crippen LogP contribution is 2.18. The van der Waals surface area contributed by atoms with Gasteiger partial charge in [-0.3, -0.25) is 0 Å². The first kappa shape index (κ1) is 9.55. The topological polar surface area (TPSA) is 40.5 Å². The number of alkyl halides is 1. The van der Waals surface area contributed by atoms with Crippen molar-refractivity contribution in [1.82, 2.24) is 0 Å². The Morgan fingerprint density at radius 2 is 2.08 bits per heavy atom. The predicted molar refractivity (Wildman–Crippen MR) is 51.5 cm³/mol. The Labute approximate surface area is 80.0 Å². The zero-order valence-electron chi connectivity index (χ0n) is 6.63. The van der Waals surface area contributed by atoms with Gasteiger partial charge >= 0.3 is 0 Å². The molecular formula is C9H11BrO2. The van der Waals surface area contributed by atoms with Gasteiger partial charge in [-0.2, -0.15) is 0 Å². The third-order valence-electron chi connectivity index (χ3n) is 1.70. The maximum atomic E-state index is 9.23. The van der Waals surface area contributed by atoms with Gasteiger partial charge in [0.1, 0.15) is 5.75 Å². The largest absolute Gasteiger partial charge is 0.508 e. The van der Waals surface area contributed by atoms with Crippen LogP contribution in [0.1, 0.15) is 11.1 Å². The molecule has 0 radical (unpaired) electrons. The highest BCUT2D eigenvalue weighted by atomic mass is 79.9. The summed E-state index contributed by atoms with van der Waals surface area (Å²) in [4.78, 5) is 0. The van der Waals surface area contributed by atoms with Crippen molar-refractivity contribution in [3.8, 4) is 5.75 Å². The fourth-order valence-electron chi connectivity index (χ4n) is 1.03. The fourth-order valence-corrected chi connectivity index (χ4v) is 1.49. The van der Waals surface area contributed by atoms with E-state index in [4.69, 9.17) is 5.11 Å². The summed E-state index contributed by atoms with van der Waals surface area (Å²) >= 11 is 3.33. The highest BCUT2D eigenvalue weighted by Gasteiger charge is 2.00. The fraction of sp³-hybridized carbons (Fsp3) is 0.333. The van der Waals surface area contributed by atoms with E-state index in [1.807, 2.05) is 12.1 Å². The van der Waals surface area contributed by atoms with E-state index < -0.39 is 0 Å². The number of aryl methyl sites for hydroxylation is 1. The molecule has 0 amide bonds. The Bertz CT molecular complexity index is 261. The van der Waals surface area contributed by atoms with Crippen molar-refractivity contribution >= 4 is 15.9 Å². The molecule has 1 aromatic carbocycles. The quantitative estimate of drug-likeness (QED) is 0.779. The third-order valence-corrected chi connectivity index (χ3v) is 2.09. The van der Waals surface area contributed by atoms with Crippen molar-refractivity contribution < 1.29 is 10.2 Å². The maximum Gasteiger partial charge on any atom is 0.121 e. The predicted octanol–water partition coefficient (Wildman–Crippen LogP) is 1.82. The second-order valence-electron chi connectivity index (χ2n) is 2.56. The van der Waals surface area contributed by atoms with E-state index in [2.05, 4.69) is 15.9 Å². The number of aliphatic hydroxyl groups excluding tert-OH is 1. The zero-order valence-corrected chi connectivity index (χ0v) is 8.21. The van der Waals surface area contributed by atoms with Crippen molar-refractivity contribution in [3.05, 3.63) is 29.3 Å². The molecule has 0 bridgehead atoms. The molecule has 12 heavy (non-hydrogen) atoms. The molecule has 1 aromatic rings. The molecule has 2 N–H and O–H groups in total. The summed E-state index contributed by atoms with van der Waals surface area (Å²) < 4.78 is 0. The van der Waals surface area contributed by atoms with Crippen LogP contribution < -0.4 is 0 Å². The van der Waals surface area contributed by atoms with E-state index in [-0.39, 0.29) is 12.4 Å². The van der Waals surface area contributed by atoms with E-state index in [0.29, 0.717) is 5.56 Å². The molecule has 0 aliphatic rings. The standard InChI is InChI=1S/C9H11BrO2/c10-4-3-7-1-2-9(12)8(5-7)6-11/h1-2,5,11-12H,3-4,6H2. The molecule has 0 fully saturated rings. The van der Waals surface area contributed by atoms with Crippen LogP contribution in [-0.4, -0.2) is 15.5 Å². The van der Waals surface area contributed by atoms with Crippen LogP contribution in [0.25, 0.3) is 0 Å². The van der Waals surface area contributed by atoms with Crippen molar-refractivity contribution in [2.45, 2.75) is 13.0 Å². The lowest BCUT2D eigenvalue weighted by molar-refractivity contribution is 0.275. The SMILES string of the molecule is OCc1cc(CCBr)ccc1O. The van der Waals surface area contributed by atoms with Crippen LogP contribution in [0.4, 0.5) is 0 Å². The lowest BCUT2D eigenvalue weighted by Crippen LogP contribution is -1.90. The number of aliphatic hydroxyl groups is 1. The molecule has 0 spiro atoms. The smallest absolute Gasteiger partial charge is 0.121 e. The van der Waals surface area contributed by atoms with Gasteiger partial charge in [-0.05, 0) is 24.1 Å². The molecule has 1 rings (SSSR count). The summed E-state index contributed by atoms with van der Waals surface area (Å²) in [7, 11) is 0. The van der Waals surface area contributed by atoms with E-state index in [9.17, 15) is 5.11 Å². The molecule has 0 saturated heterocycles. The highest BCUT2D eigenvalue weighted by molar-refractivity contribution is 9.09. The van der Waals surface area contributed by atoms with E-state index in [0.717, 1.165) is 17.3 Å². The van der Waals surface area contributed by atoms with Crippen molar-refractivity contribution in [2.24, 2.45) is 0 Å². The lowest BCUT2D eigenvalue weighted by Gasteiger charge is -2.03. The number of aromatic hydroxyl groups is 1. The van der Waals surface area contributed by atoms with E-state index in [1.54, 1.807) is 6.07 Å². The number of hydrogen-bond acceptors (Lipinski definition) is 2. The Hall–Kier alpha value is -0.540. The second-order valence-corrected chi connectivity index (χ2v) is 3.35. The summed E-state index contributed by atoms with van der Waals surface area (Å²) in [5.74, 6) is 0.163. The normalized spacial score (nSPS) is 10.2. The minimum Gasteiger partial charge on any atom is -0.508 e. The van der Waals surface area contributed by atoms with Crippen LogP contribution in [0.5, 0.6) is 5.75 Å². The van der Waals surface area contributed by atoms with Crippen LogP contribution in [-0.2, 0) is 13.0 Å². The van der Waals surface area contributed by atoms with Crippen molar-refractivity contribution in [1.29, 1.82) is 0 Å². The van der Waals surface area contributed by atoms with E-state index in [1.165, 1.54) is 0 Å². The summed E-state index contributed by atoms with van der Waals surface area (Å²) in [5.41, 5.74) is 1.71. The molecule has 66 valence electrons. The Balaban J connectivity index is 2.89. The number of hydrogen-bond donors (Lipinski definition) is 2. The van der Waals surface area contributed by atoms with Crippen molar-refractivity contribution in [3.63, 3.8) is 0 Å². The maximum absolute atomic E-state index is 9.23. The van der Waals surface area contributed by atoms with Crippen LogP contribution in [0, 0.1) is 0 Å². The van der Waals surface area contributed by atoms with Gasteiger partial charge in [0, 0.05) is 10.9 Å². The van der Waals surface area contributed by atoms with Gasteiger partial charge in [0.2, 0.25) is 0 Å². The van der Waals surface area contributed by atoms with Gasteiger partial charge in [-0.25, -0.2) is 0 Å². The Morgan fingerprint density at radius 1 is 1.33 bits per heavy atom. The zero-order chi connectivity index (χ0) is 8.97. The molecule has 0 unspecified atom stereocenters. The minimum atomic E-state index is -0.109. The Kier molecular flexibility index (Phi) is 3.56. The van der Waals surface area contributed by atoms with Crippen LogP contribution in [0.15, 0.2) is 18.2 Å². The number of phenols is 1. The molecule has 0 heterocycles. The molecule has 0 aliphatic carbocycles. The molecule has 0 saturated carbocycles. The first-order valence-electron chi connectivity index (χ1n) is 3.75. The molecule has 3 heteroatoms. The summed E-state index contributed by atoms with van der Waals surface area (Å²) in [6, 6.07) is 5.29. The first-order chi connectivity index (χ1) is 5.77. The monoisotopic (exact) mass is 230 g/mol. The molecule has 2 nitrogen and oxygen atoms in total. The Morgan fingerprint density at radius 3 is 2.67 bits per heavy atom. The van der Waals surface area contributed by atoms with Gasteiger partial charge in [0.05, 0.1) is 6.61 Å². The van der Waals surface area contributed by atoms with Gasteiger partial charge in [-0.15, -0.1) is 0 Å². The molecule has 0 aromatic heterocycles. The van der Waals surface area contributed by atoms with Crippen LogP contribution >= 0.6 is 15.9 Å². The van der Waals surface area contributed by atoms with Crippen LogP contribution in [0.2, 0.25) is 0 Å². The van der Waals surface area contributed by atoms with Crippen molar-refractivity contribution in [2.75, 3.05) is 5.33 Å². The lowest BCUT2D eigenvalue weighted by atomic mass is 10.1. The van der Waals surface area contributed by atoms with Crippen LogP contribution in [0.3, 0.4) is 0 Å². The number of rotatable bonds is 3. The molecule has 0 atom stereocenters. The van der Waals surface area contributed by atoms with Gasteiger partial charge in [-0.1, -0.05) is 22.0 Å². The summed E-state index contributed by atoms with van der Waals surface area (Å²) in [6.45, 7) is -0.109.